The smallest absolute Gasteiger partial charge is 0.0137 e. The molecule has 4 unspecified atom stereocenters. The Morgan fingerprint density at radius 1 is 1.17 bits per heavy atom. The predicted molar refractivity (Wildman–Crippen MR) is 102 cm³/mol. The van der Waals surface area contributed by atoms with Crippen molar-refractivity contribution in [1.29, 1.82) is 0 Å². The fourth-order valence-electron chi connectivity index (χ4n) is 6.18. The van der Waals surface area contributed by atoms with Gasteiger partial charge in [-0.2, -0.15) is 0 Å². The maximum absolute atomic E-state index is 3.57. The lowest BCUT2D eigenvalue weighted by molar-refractivity contribution is 0.0813. The summed E-state index contributed by atoms with van der Waals surface area (Å²) in [6.45, 7) is 7.05. The molecule has 1 N–H and O–H groups in total. The third-order valence-electron chi connectivity index (χ3n) is 7.41. The summed E-state index contributed by atoms with van der Waals surface area (Å²) in [5.74, 6) is 2.68. The van der Waals surface area contributed by atoms with Gasteiger partial charge in [-0.05, 0) is 85.8 Å². The first-order chi connectivity index (χ1) is 11.7. The van der Waals surface area contributed by atoms with Crippen molar-refractivity contribution in [2.75, 3.05) is 13.1 Å². The van der Waals surface area contributed by atoms with Crippen molar-refractivity contribution in [1.82, 2.24) is 5.32 Å². The molecule has 3 aliphatic rings. The average molecular weight is 324 g/mol. The van der Waals surface area contributed by atoms with Gasteiger partial charge in [-0.1, -0.05) is 49.8 Å². The van der Waals surface area contributed by atoms with Gasteiger partial charge in [0.1, 0.15) is 0 Å². The highest BCUT2D eigenvalue weighted by molar-refractivity contribution is 5.36. The molecule has 1 nitrogen and oxygen atoms in total. The highest BCUT2D eigenvalue weighted by Crippen LogP contribution is 2.62. The van der Waals surface area contributed by atoms with E-state index in [1.165, 1.54) is 44.9 Å². The SMILES string of the molecule is CCCNC/C=C1\CCC2C3CCc4ccccc4C3CCC12C. The zero-order valence-electron chi connectivity index (χ0n) is 15.5. The molecule has 4 rings (SSSR count). The zero-order chi connectivity index (χ0) is 16.6. The largest absolute Gasteiger partial charge is 0.313 e. The van der Waals surface area contributed by atoms with E-state index in [9.17, 15) is 0 Å². The van der Waals surface area contributed by atoms with E-state index in [1.54, 1.807) is 16.7 Å². The van der Waals surface area contributed by atoms with Gasteiger partial charge in [0, 0.05) is 6.54 Å². The lowest BCUT2D eigenvalue weighted by atomic mass is 9.55. The van der Waals surface area contributed by atoms with Crippen LogP contribution in [0.5, 0.6) is 0 Å². The molecule has 130 valence electrons. The van der Waals surface area contributed by atoms with Crippen molar-refractivity contribution >= 4 is 0 Å². The van der Waals surface area contributed by atoms with Crippen LogP contribution in [0.3, 0.4) is 0 Å². The minimum Gasteiger partial charge on any atom is -0.313 e. The first-order valence-corrected chi connectivity index (χ1v) is 10.2. The minimum absolute atomic E-state index is 0.487. The van der Waals surface area contributed by atoms with E-state index < -0.39 is 0 Å². The molecule has 24 heavy (non-hydrogen) atoms. The number of benzene rings is 1. The normalized spacial score (nSPS) is 36.2. The number of hydrogen-bond donors (Lipinski definition) is 1. The Kier molecular flexibility index (Phi) is 4.56. The summed E-state index contributed by atoms with van der Waals surface area (Å²) in [5, 5.41) is 3.57. The van der Waals surface area contributed by atoms with E-state index in [0.717, 1.165) is 30.8 Å². The van der Waals surface area contributed by atoms with Crippen LogP contribution in [0.1, 0.15) is 69.4 Å². The number of hydrogen-bond acceptors (Lipinski definition) is 1. The number of allylic oxidation sites excluding steroid dienone is 1. The van der Waals surface area contributed by atoms with Crippen LogP contribution in [0.2, 0.25) is 0 Å². The van der Waals surface area contributed by atoms with Gasteiger partial charge in [-0.15, -0.1) is 0 Å². The second-order valence-corrected chi connectivity index (χ2v) is 8.54. The average Bonchev–Trinajstić information content (AvgIpc) is 2.95. The van der Waals surface area contributed by atoms with Crippen molar-refractivity contribution in [3.05, 3.63) is 47.0 Å². The lowest BCUT2D eigenvalue weighted by Gasteiger charge is -2.49. The molecule has 0 amide bonds. The number of nitrogens with one attached hydrogen (secondary N) is 1. The van der Waals surface area contributed by atoms with Crippen molar-refractivity contribution in [3.63, 3.8) is 0 Å². The van der Waals surface area contributed by atoms with Gasteiger partial charge in [0.05, 0.1) is 0 Å². The summed E-state index contributed by atoms with van der Waals surface area (Å²) in [4.78, 5) is 0. The molecule has 1 heteroatoms. The Morgan fingerprint density at radius 3 is 2.92 bits per heavy atom. The van der Waals surface area contributed by atoms with Crippen molar-refractivity contribution in [3.8, 4) is 0 Å². The number of aryl methyl sites for hydroxylation is 1. The second kappa shape index (κ2) is 6.67. The molecular weight excluding hydrogens is 290 g/mol. The first-order valence-electron chi connectivity index (χ1n) is 10.2. The van der Waals surface area contributed by atoms with E-state index in [-0.39, 0.29) is 0 Å². The molecule has 0 aliphatic heterocycles. The second-order valence-electron chi connectivity index (χ2n) is 8.54. The topological polar surface area (TPSA) is 12.0 Å². The molecule has 0 heterocycles. The van der Waals surface area contributed by atoms with Gasteiger partial charge in [-0.25, -0.2) is 0 Å². The molecule has 3 aliphatic carbocycles. The predicted octanol–water partition coefficient (Wildman–Crippen LogP) is 5.47. The van der Waals surface area contributed by atoms with Gasteiger partial charge in [0.25, 0.3) is 0 Å². The van der Waals surface area contributed by atoms with Crippen molar-refractivity contribution in [2.45, 2.75) is 64.7 Å². The summed E-state index contributed by atoms with van der Waals surface area (Å²) in [6.07, 6.45) is 12.1. The molecule has 2 saturated carbocycles. The molecule has 0 radical (unpaired) electrons. The standard InChI is InChI=1S/C23H33N/c1-3-15-24-16-13-18-9-11-22-21-10-8-17-6-4-5-7-19(17)20(21)12-14-23(18,22)2/h4-7,13,20-22,24H,3,8-12,14-16H2,1-2H3/b18-13+. The highest BCUT2D eigenvalue weighted by Gasteiger charge is 2.52. The van der Waals surface area contributed by atoms with E-state index in [1.807, 2.05) is 0 Å². The summed E-state index contributed by atoms with van der Waals surface area (Å²) < 4.78 is 0. The van der Waals surface area contributed by atoms with Crippen LogP contribution in [-0.4, -0.2) is 13.1 Å². The molecule has 0 saturated heterocycles. The first kappa shape index (κ1) is 16.4. The Hall–Kier alpha value is -1.08. The van der Waals surface area contributed by atoms with E-state index in [4.69, 9.17) is 0 Å². The molecule has 0 spiro atoms. The van der Waals surface area contributed by atoms with Gasteiger partial charge >= 0.3 is 0 Å². The Labute approximate surface area is 147 Å². The molecule has 1 aromatic carbocycles. The zero-order valence-corrected chi connectivity index (χ0v) is 15.5. The molecular formula is C23H33N. The third kappa shape index (κ3) is 2.65. The van der Waals surface area contributed by atoms with Gasteiger partial charge in [-0.3, -0.25) is 0 Å². The molecule has 2 fully saturated rings. The molecule has 4 atom stereocenters. The minimum atomic E-state index is 0.487. The maximum atomic E-state index is 3.57. The Bertz CT molecular complexity index is 616. The summed E-state index contributed by atoms with van der Waals surface area (Å²) >= 11 is 0. The molecule has 1 aromatic rings. The fourth-order valence-corrected chi connectivity index (χ4v) is 6.18. The van der Waals surface area contributed by atoms with E-state index in [2.05, 4.69) is 49.5 Å². The monoisotopic (exact) mass is 323 g/mol. The van der Waals surface area contributed by atoms with E-state index >= 15 is 0 Å². The number of fused-ring (bicyclic) bond motifs is 5. The lowest BCUT2D eigenvalue weighted by Crippen LogP contribution is -2.40. The maximum Gasteiger partial charge on any atom is 0.0137 e. The Morgan fingerprint density at radius 2 is 2.04 bits per heavy atom. The van der Waals surface area contributed by atoms with E-state index in [0.29, 0.717) is 5.41 Å². The van der Waals surface area contributed by atoms with Gasteiger partial charge in [0.15, 0.2) is 0 Å². The highest BCUT2D eigenvalue weighted by atomic mass is 14.8. The van der Waals surface area contributed by atoms with Crippen LogP contribution in [0, 0.1) is 17.3 Å². The number of rotatable bonds is 4. The van der Waals surface area contributed by atoms with Crippen LogP contribution >= 0.6 is 0 Å². The fraction of sp³-hybridized carbons (Fsp3) is 0.652. The van der Waals surface area contributed by atoms with Crippen LogP contribution in [0.4, 0.5) is 0 Å². The molecule has 0 bridgehead atoms. The third-order valence-corrected chi connectivity index (χ3v) is 7.41. The molecule has 0 aromatic heterocycles. The Balaban J connectivity index is 1.54. The van der Waals surface area contributed by atoms with Crippen LogP contribution in [0.15, 0.2) is 35.9 Å². The quantitative estimate of drug-likeness (QED) is 0.572. The summed E-state index contributed by atoms with van der Waals surface area (Å²) in [5.41, 5.74) is 5.59. The van der Waals surface area contributed by atoms with Gasteiger partial charge < -0.3 is 5.32 Å². The van der Waals surface area contributed by atoms with Crippen LogP contribution < -0.4 is 5.32 Å². The van der Waals surface area contributed by atoms with Gasteiger partial charge in [0.2, 0.25) is 0 Å². The van der Waals surface area contributed by atoms with Crippen molar-refractivity contribution in [2.24, 2.45) is 17.3 Å². The van der Waals surface area contributed by atoms with Crippen LogP contribution in [0.25, 0.3) is 0 Å². The van der Waals surface area contributed by atoms with Crippen LogP contribution in [-0.2, 0) is 6.42 Å². The summed E-state index contributed by atoms with van der Waals surface area (Å²) in [6, 6.07) is 9.29. The van der Waals surface area contributed by atoms with Crippen molar-refractivity contribution < 1.29 is 0 Å². The summed E-state index contributed by atoms with van der Waals surface area (Å²) in [7, 11) is 0.